The zero-order chi connectivity index (χ0) is 17.2. The first-order chi connectivity index (χ1) is 12.2. The molecular weight excluding hydrogens is 334 g/mol. The van der Waals surface area contributed by atoms with Gasteiger partial charge in [-0.1, -0.05) is 41.9 Å². The number of halogens is 1. The van der Waals surface area contributed by atoms with Gasteiger partial charge in [-0.25, -0.2) is 9.97 Å². The van der Waals surface area contributed by atoms with Crippen LogP contribution in [-0.2, 0) is 0 Å². The highest BCUT2D eigenvalue weighted by Gasteiger charge is 2.27. The Bertz CT molecular complexity index is 863. The molecule has 1 N–H and O–H groups in total. The van der Waals surface area contributed by atoms with Crippen LogP contribution in [0.5, 0.6) is 0 Å². The average molecular weight is 354 g/mol. The highest BCUT2D eigenvalue weighted by atomic mass is 35.5. The van der Waals surface area contributed by atoms with Crippen molar-refractivity contribution in [1.82, 2.24) is 9.97 Å². The minimum absolute atomic E-state index is 0.279. The van der Waals surface area contributed by atoms with Gasteiger partial charge in [-0.2, -0.15) is 0 Å². The number of benzene rings is 2. The molecule has 4 rings (SSSR count). The van der Waals surface area contributed by atoms with Crippen LogP contribution in [0, 0.1) is 5.92 Å². The molecule has 2 aromatic carbocycles. The fraction of sp³-hybridized carbons (Fsp3) is 0.300. The monoisotopic (exact) mass is 353 g/mol. The van der Waals surface area contributed by atoms with Crippen molar-refractivity contribution in [2.24, 2.45) is 5.92 Å². The number of aromatic nitrogens is 2. The number of nitrogens with zero attached hydrogens (tertiary/aromatic N) is 3. The normalized spacial score (nSPS) is 17.0. The van der Waals surface area contributed by atoms with Gasteiger partial charge in [0.25, 0.3) is 0 Å². The molecule has 0 radical (unpaired) electrons. The number of piperidine rings is 1. The molecule has 0 bridgehead atoms. The molecule has 1 atom stereocenters. The summed E-state index contributed by atoms with van der Waals surface area (Å²) in [6.07, 6.45) is 3.08. The molecule has 1 fully saturated rings. The van der Waals surface area contributed by atoms with Gasteiger partial charge >= 0.3 is 0 Å². The van der Waals surface area contributed by atoms with Crippen LogP contribution in [-0.4, -0.2) is 28.2 Å². The summed E-state index contributed by atoms with van der Waals surface area (Å²) in [7, 11) is 0. The fourth-order valence-electron chi connectivity index (χ4n) is 3.62. The molecule has 1 aliphatic heterocycles. The number of fused-ring (bicyclic) bond motifs is 1. The summed E-state index contributed by atoms with van der Waals surface area (Å²) < 4.78 is 0. The maximum atomic E-state index is 10.6. The third-order valence-corrected chi connectivity index (χ3v) is 5.24. The first-order valence-corrected chi connectivity index (χ1v) is 8.98. The van der Waals surface area contributed by atoms with Gasteiger partial charge < -0.3 is 10.0 Å². The van der Waals surface area contributed by atoms with Gasteiger partial charge in [0.05, 0.1) is 11.6 Å². The summed E-state index contributed by atoms with van der Waals surface area (Å²) in [6.45, 7) is 1.76. The van der Waals surface area contributed by atoms with Crippen molar-refractivity contribution in [1.29, 1.82) is 0 Å². The second-order valence-corrected chi connectivity index (χ2v) is 6.98. The van der Waals surface area contributed by atoms with Crippen LogP contribution < -0.4 is 4.90 Å². The number of aliphatic hydroxyl groups excluding tert-OH is 1. The van der Waals surface area contributed by atoms with E-state index < -0.39 is 6.10 Å². The third kappa shape index (κ3) is 3.32. The summed E-state index contributed by atoms with van der Waals surface area (Å²) in [5.41, 5.74) is 1.87. The zero-order valence-electron chi connectivity index (χ0n) is 13.8. The van der Waals surface area contributed by atoms with Crippen molar-refractivity contribution in [2.75, 3.05) is 18.0 Å². The summed E-state index contributed by atoms with van der Waals surface area (Å²) in [5.74, 6) is 1.23. The molecule has 1 unspecified atom stereocenters. The van der Waals surface area contributed by atoms with E-state index in [0.717, 1.165) is 48.2 Å². The topological polar surface area (TPSA) is 49.2 Å². The molecule has 25 heavy (non-hydrogen) atoms. The van der Waals surface area contributed by atoms with Gasteiger partial charge in [0, 0.05) is 23.5 Å². The lowest BCUT2D eigenvalue weighted by Gasteiger charge is -2.35. The van der Waals surface area contributed by atoms with Crippen molar-refractivity contribution >= 4 is 28.3 Å². The molecule has 2 heterocycles. The predicted molar refractivity (Wildman–Crippen MR) is 101 cm³/mol. The molecule has 0 aliphatic carbocycles. The molecule has 0 spiro atoms. The minimum atomic E-state index is -0.399. The van der Waals surface area contributed by atoms with E-state index in [2.05, 4.69) is 14.9 Å². The smallest absolute Gasteiger partial charge is 0.139 e. The molecule has 1 saturated heterocycles. The molecule has 1 aliphatic rings. The standard InChI is InChI=1S/C20H20ClN3O/c21-16-6-7-17-18(12-16)22-13-23-20(17)24-10-8-15(9-11-24)19(25)14-4-2-1-3-5-14/h1-7,12-13,15,19,25H,8-11H2. The Kier molecular flexibility index (Phi) is 4.55. The van der Waals surface area contributed by atoms with E-state index in [4.69, 9.17) is 11.6 Å². The SMILES string of the molecule is OC(c1ccccc1)C1CCN(c2ncnc3cc(Cl)ccc23)CC1. The van der Waals surface area contributed by atoms with Gasteiger partial charge in [0.2, 0.25) is 0 Å². The van der Waals surface area contributed by atoms with Crippen LogP contribution in [0.4, 0.5) is 5.82 Å². The van der Waals surface area contributed by atoms with E-state index in [1.54, 1.807) is 6.33 Å². The van der Waals surface area contributed by atoms with Gasteiger partial charge in [0.15, 0.2) is 0 Å². The van der Waals surface area contributed by atoms with E-state index in [9.17, 15) is 5.11 Å². The lowest BCUT2D eigenvalue weighted by molar-refractivity contribution is 0.0929. The van der Waals surface area contributed by atoms with Gasteiger partial charge in [-0.3, -0.25) is 0 Å². The molecule has 1 aromatic heterocycles. The van der Waals surface area contributed by atoms with Crippen LogP contribution in [0.3, 0.4) is 0 Å². The first-order valence-electron chi connectivity index (χ1n) is 8.60. The number of hydrogen-bond acceptors (Lipinski definition) is 4. The van der Waals surface area contributed by atoms with Crippen LogP contribution in [0.15, 0.2) is 54.9 Å². The van der Waals surface area contributed by atoms with E-state index >= 15 is 0 Å². The second kappa shape index (κ2) is 6.98. The highest BCUT2D eigenvalue weighted by molar-refractivity contribution is 6.31. The highest BCUT2D eigenvalue weighted by Crippen LogP contribution is 2.33. The van der Waals surface area contributed by atoms with Crippen LogP contribution in [0.2, 0.25) is 5.02 Å². The third-order valence-electron chi connectivity index (χ3n) is 5.00. The summed E-state index contributed by atoms with van der Waals surface area (Å²) in [4.78, 5) is 11.1. The molecule has 0 amide bonds. The largest absolute Gasteiger partial charge is 0.388 e. The Morgan fingerprint density at radius 2 is 1.80 bits per heavy atom. The van der Waals surface area contributed by atoms with E-state index in [-0.39, 0.29) is 5.92 Å². The summed E-state index contributed by atoms with van der Waals surface area (Å²) in [5, 5.41) is 12.4. The number of anilines is 1. The summed E-state index contributed by atoms with van der Waals surface area (Å²) >= 11 is 6.07. The Labute approximate surface area is 152 Å². The van der Waals surface area contributed by atoms with Crippen molar-refractivity contribution in [3.05, 3.63) is 65.4 Å². The Hall–Kier alpha value is -2.17. The maximum Gasteiger partial charge on any atom is 0.139 e. The lowest BCUT2D eigenvalue weighted by Crippen LogP contribution is -2.36. The van der Waals surface area contributed by atoms with E-state index in [1.807, 2.05) is 48.5 Å². The van der Waals surface area contributed by atoms with Crippen molar-refractivity contribution < 1.29 is 5.11 Å². The Morgan fingerprint density at radius 1 is 1.04 bits per heavy atom. The van der Waals surface area contributed by atoms with Gasteiger partial charge in [0.1, 0.15) is 12.1 Å². The van der Waals surface area contributed by atoms with Crippen LogP contribution in [0.25, 0.3) is 10.9 Å². The molecule has 5 heteroatoms. The predicted octanol–water partition coefficient (Wildman–Crippen LogP) is 4.23. The summed E-state index contributed by atoms with van der Waals surface area (Å²) in [6, 6.07) is 15.7. The number of hydrogen-bond donors (Lipinski definition) is 1. The van der Waals surface area contributed by atoms with Crippen LogP contribution >= 0.6 is 11.6 Å². The molecular formula is C20H20ClN3O. The molecule has 128 valence electrons. The zero-order valence-corrected chi connectivity index (χ0v) is 14.6. The maximum absolute atomic E-state index is 10.6. The van der Waals surface area contributed by atoms with Crippen molar-refractivity contribution in [3.8, 4) is 0 Å². The Morgan fingerprint density at radius 3 is 2.56 bits per heavy atom. The van der Waals surface area contributed by atoms with Crippen LogP contribution in [0.1, 0.15) is 24.5 Å². The van der Waals surface area contributed by atoms with Crippen molar-refractivity contribution in [2.45, 2.75) is 18.9 Å². The molecule has 4 nitrogen and oxygen atoms in total. The van der Waals surface area contributed by atoms with E-state index in [0.29, 0.717) is 5.02 Å². The number of rotatable bonds is 3. The second-order valence-electron chi connectivity index (χ2n) is 6.54. The molecule has 0 saturated carbocycles. The quantitative estimate of drug-likeness (QED) is 0.765. The first kappa shape index (κ1) is 16.3. The lowest BCUT2D eigenvalue weighted by atomic mass is 9.87. The Balaban J connectivity index is 1.51. The van der Waals surface area contributed by atoms with E-state index in [1.165, 1.54) is 0 Å². The minimum Gasteiger partial charge on any atom is -0.388 e. The number of aliphatic hydroxyl groups is 1. The fourth-order valence-corrected chi connectivity index (χ4v) is 3.78. The molecule has 3 aromatic rings. The van der Waals surface area contributed by atoms with Gasteiger partial charge in [-0.15, -0.1) is 0 Å². The van der Waals surface area contributed by atoms with Gasteiger partial charge in [-0.05, 0) is 42.5 Å². The average Bonchev–Trinajstić information content (AvgIpc) is 2.67. The van der Waals surface area contributed by atoms with Crippen molar-refractivity contribution in [3.63, 3.8) is 0 Å².